The third kappa shape index (κ3) is 4.99. The lowest BCUT2D eigenvalue weighted by Gasteiger charge is -2.16. The van der Waals surface area contributed by atoms with Gasteiger partial charge in [-0.2, -0.15) is 0 Å². The van der Waals surface area contributed by atoms with E-state index >= 15 is 0 Å². The number of hydrogen-bond acceptors (Lipinski definition) is 3. The molecule has 136 valence electrons. The van der Waals surface area contributed by atoms with E-state index in [0.717, 1.165) is 35.5 Å². The Kier molecular flexibility index (Phi) is 7.80. The first-order chi connectivity index (χ1) is 12.2. The summed E-state index contributed by atoms with van der Waals surface area (Å²) in [7, 11) is 0. The Bertz CT molecular complexity index is 607. The summed E-state index contributed by atoms with van der Waals surface area (Å²) in [5, 5.41) is 0. The van der Waals surface area contributed by atoms with Crippen LogP contribution in [0.15, 0.2) is 36.4 Å². The lowest BCUT2D eigenvalue weighted by Crippen LogP contribution is -2.04. The van der Waals surface area contributed by atoms with Gasteiger partial charge in [-0.3, -0.25) is 0 Å². The lowest BCUT2D eigenvalue weighted by atomic mass is 10.1. The van der Waals surface area contributed by atoms with Crippen molar-refractivity contribution in [2.75, 3.05) is 13.2 Å². The Morgan fingerprint density at radius 2 is 1.00 bits per heavy atom. The Labute approximate surface area is 151 Å². The maximum Gasteiger partial charge on any atom is 0.127 e. The van der Waals surface area contributed by atoms with Gasteiger partial charge in [0.15, 0.2) is 0 Å². The minimum Gasteiger partial charge on any atom is -0.493 e. The van der Waals surface area contributed by atoms with Crippen LogP contribution in [0.5, 0.6) is 11.5 Å². The van der Waals surface area contributed by atoms with E-state index in [4.69, 9.17) is 14.2 Å². The topological polar surface area (TPSA) is 27.7 Å². The van der Waals surface area contributed by atoms with Crippen molar-refractivity contribution in [2.24, 2.45) is 0 Å². The molecule has 0 aliphatic heterocycles. The smallest absolute Gasteiger partial charge is 0.127 e. The van der Waals surface area contributed by atoms with Crippen LogP contribution in [0.3, 0.4) is 0 Å². The molecular weight excluding hydrogens is 312 g/mol. The SMILES string of the molecule is CCOc1c(CC)cccc1COCc1cccc(CC)c1OCC. The van der Waals surface area contributed by atoms with E-state index in [0.29, 0.717) is 26.4 Å². The average molecular weight is 342 g/mol. The predicted octanol–water partition coefficient (Wildman–Crippen LogP) is 5.33. The van der Waals surface area contributed by atoms with Gasteiger partial charge in [0.1, 0.15) is 11.5 Å². The zero-order valence-corrected chi connectivity index (χ0v) is 15.9. The lowest BCUT2D eigenvalue weighted by molar-refractivity contribution is 0.102. The summed E-state index contributed by atoms with van der Waals surface area (Å²) < 4.78 is 17.7. The van der Waals surface area contributed by atoms with Crippen molar-refractivity contribution in [3.05, 3.63) is 58.7 Å². The molecule has 0 atom stereocenters. The van der Waals surface area contributed by atoms with E-state index in [2.05, 4.69) is 50.2 Å². The van der Waals surface area contributed by atoms with Gasteiger partial charge >= 0.3 is 0 Å². The Morgan fingerprint density at radius 1 is 0.600 bits per heavy atom. The summed E-state index contributed by atoms with van der Waals surface area (Å²) in [6, 6.07) is 12.5. The minimum atomic E-state index is 0.533. The highest BCUT2D eigenvalue weighted by molar-refractivity contribution is 5.42. The van der Waals surface area contributed by atoms with Crippen LogP contribution in [0.1, 0.15) is 49.9 Å². The van der Waals surface area contributed by atoms with Gasteiger partial charge in [0.2, 0.25) is 0 Å². The van der Waals surface area contributed by atoms with E-state index in [1.807, 2.05) is 13.8 Å². The molecule has 0 fully saturated rings. The van der Waals surface area contributed by atoms with Gasteiger partial charge in [-0.15, -0.1) is 0 Å². The van der Waals surface area contributed by atoms with Crippen molar-refractivity contribution >= 4 is 0 Å². The second-order valence-electron chi connectivity index (χ2n) is 5.88. The van der Waals surface area contributed by atoms with Crippen molar-refractivity contribution in [1.29, 1.82) is 0 Å². The van der Waals surface area contributed by atoms with Gasteiger partial charge in [-0.1, -0.05) is 50.2 Å². The van der Waals surface area contributed by atoms with E-state index in [9.17, 15) is 0 Å². The highest BCUT2D eigenvalue weighted by Gasteiger charge is 2.11. The molecule has 2 rings (SSSR count). The van der Waals surface area contributed by atoms with Gasteiger partial charge < -0.3 is 14.2 Å². The molecule has 0 radical (unpaired) electrons. The predicted molar refractivity (Wildman–Crippen MR) is 102 cm³/mol. The van der Waals surface area contributed by atoms with Crippen LogP contribution in [0.4, 0.5) is 0 Å². The fraction of sp³-hybridized carbons (Fsp3) is 0.455. The highest BCUT2D eigenvalue weighted by atomic mass is 16.5. The molecule has 3 heteroatoms. The van der Waals surface area contributed by atoms with Crippen molar-refractivity contribution in [1.82, 2.24) is 0 Å². The van der Waals surface area contributed by atoms with Crippen LogP contribution >= 0.6 is 0 Å². The van der Waals surface area contributed by atoms with Crippen LogP contribution in [-0.2, 0) is 30.8 Å². The molecule has 0 aromatic heterocycles. The molecule has 0 N–H and O–H groups in total. The molecule has 0 unspecified atom stereocenters. The number of hydrogen-bond donors (Lipinski definition) is 0. The fourth-order valence-electron chi connectivity index (χ4n) is 2.99. The van der Waals surface area contributed by atoms with Gasteiger partial charge in [0.05, 0.1) is 26.4 Å². The van der Waals surface area contributed by atoms with Gasteiger partial charge in [-0.05, 0) is 37.8 Å². The zero-order chi connectivity index (χ0) is 18.1. The molecule has 0 amide bonds. The van der Waals surface area contributed by atoms with Crippen molar-refractivity contribution in [3.8, 4) is 11.5 Å². The molecular formula is C22H30O3. The van der Waals surface area contributed by atoms with Crippen LogP contribution in [0.25, 0.3) is 0 Å². The minimum absolute atomic E-state index is 0.533. The molecule has 0 aliphatic rings. The molecule has 2 aromatic rings. The number of para-hydroxylation sites is 2. The van der Waals surface area contributed by atoms with Gasteiger partial charge in [0.25, 0.3) is 0 Å². The van der Waals surface area contributed by atoms with Gasteiger partial charge in [0, 0.05) is 11.1 Å². The van der Waals surface area contributed by atoms with Crippen LogP contribution in [0.2, 0.25) is 0 Å². The maximum absolute atomic E-state index is 6.02. The normalized spacial score (nSPS) is 10.7. The first-order valence-corrected chi connectivity index (χ1v) is 9.29. The number of aryl methyl sites for hydroxylation is 2. The van der Waals surface area contributed by atoms with Crippen molar-refractivity contribution in [2.45, 2.75) is 53.8 Å². The monoisotopic (exact) mass is 342 g/mol. The molecule has 0 saturated heterocycles. The third-order valence-electron chi connectivity index (χ3n) is 4.21. The quantitative estimate of drug-likeness (QED) is 0.584. The van der Waals surface area contributed by atoms with E-state index in [1.165, 1.54) is 11.1 Å². The third-order valence-corrected chi connectivity index (χ3v) is 4.21. The first-order valence-electron chi connectivity index (χ1n) is 9.29. The fourth-order valence-corrected chi connectivity index (χ4v) is 2.99. The first kappa shape index (κ1) is 19.3. The van der Waals surface area contributed by atoms with E-state index < -0.39 is 0 Å². The molecule has 0 heterocycles. The number of ether oxygens (including phenoxy) is 3. The Hall–Kier alpha value is -2.00. The molecule has 3 nitrogen and oxygen atoms in total. The second kappa shape index (κ2) is 10.1. The van der Waals surface area contributed by atoms with Crippen LogP contribution in [-0.4, -0.2) is 13.2 Å². The van der Waals surface area contributed by atoms with E-state index in [-0.39, 0.29) is 0 Å². The molecule has 25 heavy (non-hydrogen) atoms. The average Bonchev–Trinajstić information content (AvgIpc) is 2.64. The molecule has 0 saturated carbocycles. The summed E-state index contributed by atoms with van der Waals surface area (Å²) in [5.74, 6) is 1.94. The Morgan fingerprint density at radius 3 is 1.36 bits per heavy atom. The number of benzene rings is 2. The zero-order valence-electron chi connectivity index (χ0n) is 15.9. The highest BCUT2D eigenvalue weighted by Crippen LogP contribution is 2.28. The van der Waals surface area contributed by atoms with Crippen LogP contribution < -0.4 is 9.47 Å². The van der Waals surface area contributed by atoms with Crippen LogP contribution in [0, 0.1) is 0 Å². The van der Waals surface area contributed by atoms with Crippen molar-refractivity contribution < 1.29 is 14.2 Å². The molecule has 2 aromatic carbocycles. The Balaban J connectivity index is 2.11. The van der Waals surface area contributed by atoms with E-state index in [1.54, 1.807) is 0 Å². The summed E-state index contributed by atoms with van der Waals surface area (Å²) in [4.78, 5) is 0. The molecule has 0 bridgehead atoms. The largest absolute Gasteiger partial charge is 0.493 e. The maximum atomic E-state index is 6.02. The summed E-state index contributed by atoms with van der Waals surface area (Å²) in [6.07, 6.45) is 1.91. The summed E-state index contributed by atoms with van der Waals surface area (Å²) >= 11 is 0. The standard InChI is InChI=1S/C22H30O3/c1-5-17-11-9-13-19(21(17)24-7-3)15-23-16-20-14-10-12-18(6-2)22(20)25-8-4/h9-14H,5-8,15-16H2,1-4H3. The second-order valence-corrected chi connectivity index (χ2v) is 5.88. The number of rotatable bonds is 10. The molecule has 0 spiro atoms. The summed E-state index contributed by atoms with van der Waals surface area (Å²) in [6.45, 7) is 10.7. The molecule has 0 aliphatic carbocycles. The van der Waals surface area contributed by atoms with Gasteiger partial charge in [-0.25, -0.2) is 0 Å². The van der Waals surface area contributed by atoms with Crippen molar-refractivity contribution in [3.63, 3.8) is 0 Å². The summed E-state index contributed by atoms with van der Waals surface area (Å²) in [5.41, 5.74) is 4.66.